The number of hydrazine groups is 1. The zero-order chi connectivity index (χ0) is 12.8. The first-order chi connectivity index (χ1) is 8.04. The fourth-order valence-corrected chi connectivity index (χ4v) is 2.24. The number of nitrogens with one attached hydrogen (secondary N) is 2. The highest BCUT2D eigenvalue weighted by molar-refractivity contribution is 9.11. The van der Waals surface area contributed by atoms with E-state index in [1.165, 1.54) is 0 Å². The molecule has 0 fully saturated rings. The molecule has 5 nitrogen and oxygen atoms in total. The number of carbonyl (C=O) groups is 2. The molecule has 0 aliphatic heterocycles. The Labute approximate surface area is 115 Å². The van der Waals surface area contributed by atoms with E-state index < -0.39 is 12.0 Å². The summed E-state index contributed by atoms with van der Waals surface area (Å²) in [5.74, 6) is -0.433. The predicted octanol–water partition coefficient (Wildman–Crippen LogP) is 2.60. The maximum atomic E-state index is 11.7. The van der Waals surface area contributed by atoms with Crippen LogP contribution in [0.5, 0.6) is 0 Å². The van der Waals surface area contributed by atoms with Gasteiger partial charge in [0.2, 0.25) is 0 Å². The third kappa shape index (κ3) is 4.35. The third-order valence-electron chi connectivity index (χ3n) is 1.73. The predicted molar refractivity (Wildman–Crippen MR) is 69.5 cm³/mol. The first kappa shape index (κ1) is 14.0. The highest BCUT2D eigenvalue weighted by atomic mass is 79.9. The largest absolute Gasteiger partial charge is 0.449 e. The van der Waals surface area contributed by atoms with Gasteiger partial charge in [0.1, 0.15) is 0 Å². The van der Waals surface area contributed by atoms with Crippen LogP contribution in [0.3, 0.4) is 0 Å². The van der Waals surface area contributed by atoms with Crippen molar-refractivity contribution in [1.29, 1.82) is 0 Å². The van der Waals surface area contributed by atoms with Crippen LogP contribution in [0.4, 0.5) is 4.79 Å². The van der Waals surface area contributed by atoms with E-state index in [-0.39, 0.29) is 6.61 Å². The molecular weight excluding hydrogens is 356 g/mol. The average molecular weight is 366 g/mol. The molecule has 1 aromatic carbocycles. The molecule has 0 atom stereocenters. The molecule has 0 aliphatic carbocycles. The van der Waals surface area contributed by atoms with E-state index in [0.29, 0.717) is 10.0 Å². The SMILES string of the molecule is CCOC(=O)NNC(=O)c1ccc(Br)cc1Br. The number of amides is 2. The Hall–Kier alpha value is -1.08. The van der Waals surface area contributed by atoms with Crippen LogP contribution >= 0.6 is 31.9 Å². The van der Waals surface area contributed by atoms with Crippen LogP contribution < -0.4 is 10.9 Å². The van der Waals surface area contributed by atoms with E-state index in [0.717, 1.165) is 4.47 Å². The first-order valence-corrected chi connectivity index (χ1v) is 6.31. The van der Waals surface area contributed by atoms with Crippen LogP contribution in [0.2, 0.25) is 0 Å². The summed E-state index contributed by atoms with van der Waals surface area (Å²) in [6.45, 7) is 1.91. The van der Waals surface area contributed by atoms with E-state index in [4.69, 9.17) is 0 Å². The van der Waals surface area contributed by atoms with Gasteiger partial charge in [-0.1, -0.05) is 15.9 Å². The van der Waals surface area contributed by atoms with Gasteiger partial charge in [-0.2, -0.15) is 0 Å². The lowest BCUT2D eigenvalue weighted by Gasteiger charge is -2.08. The Bertz CT molecular complexity index is 438. The van der Waals surface area contributed by atoms with Crippen molar-refractivity contribution in [3.63, 3.8) is 0 Å². The minimum Gasteiger partial charge on any atom is -0.449 e. The summed E-state index contributed by atoms with van der Waals surface area (Å²) in [6, 6.07) is 5.08. The lowest BCUT2D eigenvalue weighted by atomic mass is 10.2. The van der Waals surface area contributed by atoms with E-state index in [1.807, 2.05) is 0 Å². The van der Waals surface area contributed by atoms with Crippen LogP contribution in [0.1, 0.15) is 17.3 Å². The van der Waals surface area contributed by atoms with Crippen LogP contribution in [0.25, 0.3) is 0 Å². The van der Waals surface area contributed by atoms with Gasteiger partial charge in [0.25, 0.3) is 5.91 Å². The average Bonchev–Trinajstić information content (AvgIpc) is 2.26. The van der Waals surface area contributed by atoms with Crippen LogP contribution in [0, 0.1) is 0 Å². The summed E-state index contributed by atoms with van der Waals surface area (Å²) in [4.78, 5) is 22.6. The van der Waals surface area contributed by atoms with Crippen molar-refractivity contribution < 1.29 is 14.3 Å². The summed E-state index contributed by atoms with van der Waals surface area (Å²) in [5, 5.41) is 0. The Morgan fingerprint density at radius 3 is 2.59 bits per heavy atom. The second kappa shape index (κ2) is 6.61. The maximum absolute atomic E-state index is 11.7. The topological polar surface area (TPSA) is 67.4 Å². The number of hydrogen-bond acceptors (Lipinski definition) is 3. The first-order valence-electron chi connectivity index (χ1n) is 4.72. The van der Waals surface area contributed by atoms with Crippen molar-refractivity contribution >= 4 is 43.9 Å². The van der Waals surface area contributed by atoms with Gasteiger partial charge in [0.05, 0.1) is 12.2 Å². The number of ether oxygens (including phenoxy) is 1. The molecule has 17 heavy (non-hydrogen) atoms. The molecule has 0 spiro atoms. The molecule has 0 aromatic heterocycles. The third-order valence-corrected chi connectivity index (χ3v) is 2.88. The molecule has 0 saturated carbocycles. The Kier molecular flexibility index (Phi) is 5.43. The van der Waals surface area contributed by atoms with E-state index >= 15 is 0 Å². The summed E-state index contributed by atoms with van der Waals surface area (Å²) >= 11 is 6.53. The number of halogens is 2. The fourth-order valence-electron chi connectivity index (χ4n) is 1.02. The smallest absolute Gasteiger partial charge is 0.426 e. The molecule has 0 radical (unpaired) electrons. The second-order valence-electron chi connectivity index (χ2n) is 2.92. The molecule has 1 aromatic rings. The Balaban J connectivity index is 2.61. The van der Waals surface area contributed by atoms with E-state index in [9.17, 15) is 9.59 Å². The fraction of sp³-hybridized carbons (Fsp3) is 0.200. The number of hydrogen-bond donors (Lipinski definition) is 2. The minimum atomic E-state index is -0.700. The molecule has 0 saturated heterocycles. The van der Waals surface area contributed by atoms with Gasteiger partial charge in [-0.25, -0.2) is 10.2 Å². The van der Waals surface area contributed by atoms with Gasteiger partial charge >= 0.3 is 6.09 Å². The van der Waals surface area contributed by atoms with Gasteiger partial charge in [0, 0.05) is 8.95 Å². The Morgan fingerprint density at radius 2 is 2.00 bits per heavy atom. The summed E-state index contributed by atoms with van der Waals surface area (Å²) in [5.41, 5.74) is 4.77. The highest BCUT2D eigenvalue weighted by Crippen LogP contribution is 2.21. The number of benzene rings is 1. The normalized spacial score (nSPS) is 9.59. The number of carbonyl (C=O) groups excluding carboxylic acids is 2. The van der Waals surface area contributed by atoms with Gasteiger partial charge in [0.15, 0.2) is 0 Å². The molecule has 0 bridgehead atoms. The van der Waals surface area contributed by atoms with E-state index in [2.05, 4.69) is 47.4 Å². The monoisotopic (exact) mass is 364 g/mol. The molecule has 0 aliphatic rings. The quantitative estimate of drug-likeness (QED) is 0.791. The van der Waals surface area contributed by atoms with Crippen LogP contribution in [0.15, 0.2) is 27.1 Å². The lowest BCUT2D eigenvalue weighted by molar-refractivity contribution is 0.0912. The van der Waals surface area contributed by atoms with Crippen molar-refractivity contribution in [2.24, 2.45) is 0 Å². The van der Waals surface area contributed by atoms with Crippen LogP contribution in [-0.2, 0) is 4.74 Å². The summed E-state index contributed by atoms with van der Waals surface area (Å²) in [6.07, 6.45) is -0.700. The van der Waals surface area contributed by atoms with Crippen molar-refractivity contribution in [2.75, 3.05) is 6.61 Å². The van der Waals surface area contributed by atoms with Crippen molar-refractivity contribution in [2.45, 2.75) is 6.92 Å². The van der Waals surface area contributed by atoms with Crippen molar-refractivity contribution in [1.82, 2.24) is 10.9 Å². The van der Waals surface area contributed by atoms with E-state index in [1.54, 1.807) is 25.1 Å². The molecular formula is C10H10Br2N2O3. The molecule has 7 heteroatoms. The molecule has 0 unspecified atom stereocenters. The van der Waals surface area contributed by atoms with Gasteiger partial charge in [-0.15, -0.1) is 0 Å². The summed E-state index contributed by atoms with van der Waals surface area (Å²) in [7, 11) is 0. The molecule has 92 valence electrons. The molecule has 2 N–H and O–H groups in total. The van der Waals surface area contributed by atoms with Gasteiger partial charge in [-0.3, -0.25) is 10.2 Å². The molecule has 2 amide bonds. The zero-order valence-corrected chi connectivity index (χ0v) is 12.1. The highest BCUT2D eigenvalue weighted by Gasteiger charge is 2.11. The second-order valence-corrected chi connectivity index (χ2v) is 4.69. The zero-order valence-electron chi connectivity index (χ0n) is 8.92. The van der Waals surface area contributed by atoms with Crippen molar-refractivity contribution in [3.8, 4) is 0 Å². The van der Waals surface area contributed by atoms with Gasteiger partial charge in [-0.05, 0) is 41.1 Å². The Morgan fingerprint density at radius 1 is 1.29 bits per heavy atom. The van der Waals surface area contributed by atoms with Crippen molar-refractivity contribution in [3.05, 3.63) is 32.7 Å². The standard InChI is InChI=1S/C10H10Br2N2O3/c1-2-17-10(16)14-13-9(15)7-4-3-6(11)5-8(7)12/h3-5H,2H2,1H3,(H,13,15)(H,14,16). The molecule has 1 rings (SSSR count). The van der Waals surface area contributed by atoms with Gasteiger partial charge < -0.3 is 4.74 Å². The lowest BCUT2D eigenvalue weighted by Crippen LogP contribution is -2.42. The minimum absolute atomic E-state index is 0.240. The molecule has 0 heterocycles. The maximum Gasteiger partial charge on any atom is 0.426 e. The summed E-state index contributed by atoms with van der Waals surface area (Å²) < 4.78 is 6.06. The van der Waals surface area contributed by atoms with Crippen LogP contribution in [-0.4, -0.2) is 18.6 Å². The number of rotatable bonds is 2.